The molecular formula is C13H15N3O3. The fourth-order valence-electron chi connectivity index (χ4n) is 2.42. The van der Waals surface area contributed by atoms with Crippen LogP contribution < -0.4 is 0 Å². The standard InChI is InChI=1S/C13H15N3O3/c1-15(13(17)18)12-11-9-5-2-3-6-10(9)14-16(11)7-4-8-19-12/h2-3,5-6,12H,4,7-8H2,1H3,(H,17,18). The summed E-state index contributed by atoms with van der Waals surface area (Å²) < 4.78 is 7.57. The van der Waals surface area contributed by atoms with Gasteiger partial charge in [-0.2, -0.15) is 5.10 Å². The quantitative estimate of drug-likeness (QED) is 0.853. The molecule has 6 heteroatoms. The first-order valence-corrected chi connectivity index (χ1v) is 6.21. The summed E-state index contributed by atoms with van der Waals surface area (Å²) >= 11 is 0. The number of hydrogen-bond donors (Lipinski definition) is 1. The lowest BCUT2D eigenvalue weighted by molar-refractivity contribution is -0.0370. The van der Waals surface area contributed by atoms with Gasteiger partial charge in [0.05, 0.1) is 17.8 Å². The fraction of sp³-hybridized carbons (Fsp3) is 0.385. The third kappa shape index (κ3) is 1.94. The van der Waals surface area contributed by atoms with E-state index in [1.165, 1.54) is 11.9 Å². The van der Waals surface area contributed by atoms with E-state index in [4.69, 9.17) is 4.74 Å². The molecule has 1 atom stereocenters. The van der Waals surface area contributed by atoms with E-state index in [0.29, 0.717) is 6.61 Å². The number of hydrogen-bond acceptors (Lipinski definition) is 3. The minimum absolute atomic E-state index is 0.528. The van der Waals surface area contributed by atoms with Crippen molar-refractivity contribution in [3.63, 3.8) is 0 Å². The van der Waals surface area contributed by atoms with Gasteiger partial charge in [-0.25, -0.2) is 4.79 Å². The lowest BCUT2D eigenvalue weighted by Crippen LogP contribution is -2.32. The molecule has 1 unspecified atom stereocenters. The SMILES string of the molecule is CN(C(=O)O)C1OCCCn2nc3ccccc3c21. The number of aryl methyl sites for hydroxylation is 1. The van der Waals surface area contributed by atoms with Crippen LogP contribution in [0.15, 0.2) is 24.3 Å². The predicted molar refractivity (Wildman–Crippen MR) is 68.8 cm³/mol. The molecule has 0 saturated carbocycles. The zero-order valence-electron chi connectivity index (χ0n) is 10.6. The Bertz CT molecular complexity index is 623. The van der Waals surface area contributed by atoms with Crippen LogP contribution >= 0.6 is 0 Å². The molecule has 1 aromatic heterocycles. The molecule has 1 aromatic carbocycles. The number of rotatable bonds is 1. The average molecular weight is 261 g/mol. The molecule has 0 saturated heterocycles. The first-order valence-electron chi connectivity index (χ1n) is 6.21. The van der Waals surface area contributed by atoms with Crippen LogP contribution in [0.2, 0.25) is 0 Å². The second-order valence-electron chi connectivity index (χ2n) is 4.60. The summed E-state index contributed by atoms with van der Waals surface area (Å²) in [5.41, 5.74) is 1.68. The number of ether oxygens (including phenoxy) is 1. The van der Waals surface area contributed by atoms with Crippen LogP contribution in [0.25, 0.3) is 10.9 Å². The number of aromatic nitrogens is 2. The molecule has 0 aliphatic carbocycles. The van der Waals surface area contributed by atoms with E-state index in [2.05, 4.69) is 5.10 Å². The summed E-state index contributed by atoms with van der Waals surface area (Å²) in [5, 5.41) is 14.6. The minimum atomic E-state index is -1.01. The maximum absolute atomic E-state index is 11.2. The molecule has 6 nitrogen and oxygen atoms in total. The van der Waals surface area contributed by atoms with Gasteiger partial charge < -0.3 is 9.84 Å². The Kier molecular flexibility index (Phi) is 2.87. The molecule has 19 heavy (non-hydrogen) atoms. The Morgan fingerprint density at radius 2 is 2.32 bits per heavy atom. The molecule has 0 spiro atoms. The molecular weight excluding hydrogens is 246 g/mol. The van der Waals surface area contributed by atoms with Crippen molar-refractivity contribution in [2.75, 3.05) is 13.7 Å². The minimum Gasteiger partial charge on any atom is -0.465 e. The van der Waals surface area contributed by atoms with Gasteiger partial charge >= 0.3 is 6.09 Å². The molecule has 100 valence electrons. The molecule has 1 aliphatic rings. The van der Waals surface area contributed by atoms with Crippen LogP contribution in [0.5, 0.6) is 0 Å². The predicted octanol–water partition coefficient (Wildman–Crippen LogP) is 2.07. The van der Waals surface area contributed by atoms with Crippen molar-refractivity contribution in [3.05, 3.63) is 30.0 Å². The highest BCUT2D eigenvalue weighted by Crippen LogP contribution is 2.30. The van der Waals surface area contributed by atoms with Crippen molar-refractivity contribution in [2.45, 2.75) is 19.2 Å². The zero-order valence-corrected chi connectivity index (χ0v) is 10.6. The normalized spacial score (nSPS) is 18.9. The Morgan fingerprint density at radius 1 is 1.53 bits per heavy atom. The fourth-order valence-corrected chi connectivity index (χ4v) is 2.42. The van der Waals surface area contributed by atoms with E-state index < -0.39 is 12.3 Å². The Labute approximate surface area is 110 Å². The van der Waals surface area contributed by atoms with Crippen LogP contribution in [0, 0.1) is 0 Å². The summed E-state index contributed by atoms with van der Waals surface area (Å²) in [7, 11) is 1.52. The number of amides is 1. The van der Waals surface area contributed by atoms with E-state index >= 15 is 0 Å². The smallest absolute Gasteiger partial charge is 0.409 e. The van der Waals surface area contributed by atoms with Crippen LogP contribution in [0.1, 0.15) is 18.3 Å². The molecule has 2 heterocycles. The molecule has 1 aliphatic heterocycles. The Morgan fingerprint density at radius 3 is 3.11 bits per heavy atom. The Hall–Kier alpha value is -2.08. The maximum Gasteiger partial charge on any atom is 0.409 e. The molecule has 1 N–H and O–H groups in total. The highest BCUT2D eigenvalue weighted by Gasteiger charge is 2.29. The van der Waals surface area contributed by atoms with Crippen LogP contribution in [-0.2, 0) is 11.3 Å². The number of fused-ring (bicyclic) bond motifs is 3. The lowest BCUT2D eigenvalue weighted by atomic mass is 10.2. The van der Waals surface area contributed by atoms with Crippen LogP contribution in [0.3, 0.4) is 0 Å². The summed E-state index contributed by atoms with van der Waals surface area (Å²) in [6.45, 7) is 1.27. The van der Waals surface area contributed by atoms with Crippen molar-refractivity contribution in [2.24, 2.45) is 0 Å². The molecule has 0 bridgehead atoms. The van der Waals surface area contributed by atoms with Crippen LogP contribution in [0.4, 0.5) is 4.79 Å². The molecule has 2 aromatic rings. The van der Waals surface area contributed by atoms with Crippen molar-refractivity contribution < 1.29 is 14.6 Å². The van der Waals surface area contributed by atoms with Crippen molar-refractivity contribution in [1.82, 2.24) is 14.7 Å². The summed E-state index contributed by atoms with van der Waals surface area (Å²) in [5.74, 6) is 0. The summed E-state index contributed by atoms with van der Waals surface area (Å²) in [6.07, 6.45) is -0.790. The topological polar surface area (TPSA) is 67.6 Å². The van der Waals surface area contributed by atoms with Crippen molar-refractivity contribution in [1.29, 1.82) is 0 Å². The third-order valence-electron chi connectivity index (χ3n) is 3.36. The van der Waals surface area contributed by atoms with Gasteiger partial charge in [0, 0.05) is 19.0 Å². The van der Waals surface area contributed by atoms with Crippen LogP contribution in [-0.4, -0.2) is 39.5 Å². The van der Waals surface area contributed by atoms with E-state index in [-0.39, 0.29) is 0 Å². The van der Waals surface area contributed by atoms with Gasteiger partial charge in [-0.05, 0) is 12.5 Å². The number of carbonyl (C=O) groups is 1. The molecule has 0 radical (unpaired) electrons. The maximum atomic E-state index is 11.2. The average Bonchev–Trinajstić information content (AvgIpc) is 2.64. The molecule has 3 rings (SSSR count). The first kappa shape index (κ1) is 12.0. The highest BCUT2D eigenvalue weighted by atomic mass is 16.5. The lowest BCUT2D eigenvalue weighted by Gasteiger charge is -2.24. The van der Waals surface area contributed by atoms with E-state index in [0.717, 1.165) is 29.6 Å². The number of nitrogens with zero attached hydrogens (tertiary/aromatic N) is 3. The van der Waals surface area contributed by atoms with E-state index in [1.807, 2.05) is 28.9 Å². The second kappa shape index (κ2) is 4.55. The highest BCUT2D eigenvalue weighted by molar-refractivity contribution is 5.82. The van der Waals surface area contributed by atoms with E-state index in [9.17, 15) is 9.90 Å². The zero-order chi connectivity index (χ0) is 13.4. The summed E-state index contributed by atoms with van der Waals surface area (Å²) in [6, 6.07) is 7.72. The van der Waals surface area contributed by atoms with Gasteiger partial charge in [0.15, 0.2) is 6.23 Å². The number of benzene rings is 1. The molecule has 0 fully saturated rings. The van der Waals surface area contributed by atoms with Gasteiger partial charge in [-0.1, -0.05) is 18.2 Å². The summed E-state index contributed by atoms with van der Waals surface area (Å²) in [4.78, 5) is 12.4. The molecule has 1 amide bonds. The van der Waals surface area contributed by atoms with Crippen molar-refractivity contribution >= 4 is 17.0 Å². The Balaban J connectivity index is 2.17. The first-order chi connectivity index (χ1) is 9.18. The van der Waals surface area contributed by atoms with Crippen molar-refractivity contribution in [3.8, 4) is 0 Å². The van der Waals surface area contributed by atoms with E-state index in [1.54, 1.807) is 0 Å². The van der Waals surface area contributed by atoms with Gasteiger partial charge in [0.25, 0.3) is 0 Å². The van der Waals surface area contributed by atoms with Gasteiger partial charge in [0.2, 0.25) is 0 Å². The monoisotopic (exact) mass is 261 g/mol. The van der Waals surface area contributed by atoms with Gasteiger partial charge in [-0.3, -0.25) is 9.58 Å². The number of carboxylic acid groups (broad SMARTS) is 1. The largest absolute Gasteiger partial charge is 0.465 e. The van der Waals surface area contributed by atoms with Gasteiger partial charge in [0.1, 0.15) is 0 Å². The van der Waals surface area contributed by atoms with Gasteiger partial charge in [-0.15, -0.1) is 0 Å². The third-order valence-corrected chi connectivity index (χ3v) is 3.36. The second-order valence-corrected chi connectivity index (χ2v) is 4.60.